The molecule has 0 spiro atoms. The number of aryl methyl sites for hydroxylation is 1. The fraction of sp³-hybridized carbons (Fsp3) is 0.474. The van der Waals surface area contributed by atoms with Crippen molar-refractivity contribution in [2.75, 3.05) is 13.2 Å². The Labute approximate surface area is 156 Å². The number of fused-ring (bicyclic) bond motifs is 1. The Kier molecular flexibility index (Phi) is 4.55. The summed E-state index contributed by atoms with van der Waals surface area (Å²) < 4.78 is 7.39. The SMILES string of the molecule is Cn1nc(C2CCC(=O)NC2=O)c2cccc(OCC(=O)NCC3CC3)c21. The van der Waals surface area contributed by atoms with E-state index in [9.17, 15) is 14.4 Å². The van der Waals surface area contributed by atoms with E-state index in [4.69, 9.17) is 4.74 Å². The zero-order valence-electron chi connectivity index (χ0n) is 15.2. The number of hydrogen-bond donors (Lipinski definition) is 2. The molecule has 1 unspecified atom stereocenters. The number of carbonyl (C=O) groups is 3. The fourth-order valence-electron chi connectivity index (χ4n) is 3.43. The highest BCUT2D eigenvalue weighted by atomic mass is 16.5. The zero-order valence-corrected chi connectivity index (χ0v) is 15.2. The Morgan fingerprint density at radius 2 is 2.15 bits per heavy atom. The quantitative estimate of drug-likeness (QED) is 0.739. The van der Waals surface area contributed by atoms with Crippen molar-refractivity contribution in [1.29, 1.82) is 0 Å². The summed E-state index contributed by atoms with van der Waals surface area (Å²) in [6.45, 7) is 0.641. The van der Waals surface area contributed by atoms with Gasteiger partial charge in [-0.1, -0.05) is 12.1 Å². The summed E-state index contributed by atoms with van der Waals surface area (Å²) in [6, 6.07) is 5.48. The molecule has 2 fully saturated rings. The van der Waals surface area contributed by atoms with Crippen LogP contribution >= 0.6 is 0 Å². The maximum Gasteiger partial charge on any atom is 0.257 e. The van der Waals surface area contributed by atoms with Crippen molar-refractivity contribution in [3.05, 3.63) is 23.9 Å². The number of para-hydroxylation sites is 1. The minimum absolute atomic E-state index is 0.0647. The van der Waals surface area contributed by atoms with Crippen molar-refractivity contribution in [1.82, 2.24) is 20.4 Å². The van der Waals surface area contributed by atoms with Crippen LogP contribution in [0, 0.1) is 5.92 Å². The van der Waals surface area contributed by atoms with E-state index in [0.717, 1.165) is 10.9 Å². The Morgan fingerprint density at radius 1 is 1.33 bits per heavy atom. The van der Waals surface area contributed by atoms with E-state index in [-0.39, 0.29) is 24.3 Å². The van der Waals surface area contributed by atoms with Crippen LogP contribution in [0.25, 0.3) is 10.9 Å². The number of aromatic nitrogens is 2. The van der Waals surface area contributed by atoms with Gasteiger partial charge in [-0.05, 0) is 31.2 Å². The van der Waals surface area contributed by atoms with Crippen LogP contribution in [0.2, 0.25) is 0 Å². The summed E-state index contributed by atoms with van der Waals surface area (Å²) in [7, 11) is 1.78. The van der Waals surface area contributed by atoms with Gasteiger partial charge in [0.2, 0.25) is 11.8 Å². The number of benzene rings is 1. The van der Waals surface area contributed by atoms with Gasteiger partial charge in [-0.15, -0.1) is 0 Å². The lowest BCUT2D eigenvalue weighted by molar-refractivity contribution is -0.134. The van der Waals surface area contributed by atoms with Crippen LogP contribution in [0.3, 0.4) is 0 Å². The molecule has 1 aromatic carbocycles. The maximum atomic E-state index is 12.2. The van der Waals surface area contributed by atoms with Gasteiger partial charge in [0.25, 0.3) is 5.91 Å². The molecule has 2 heterocycles. The van der Waals surface area contributed by atoms with E-state index >= 15 is 0 Å². The second kappa shape index (κ2) is 7.02. The molecule has 3 amide bonds. The topological polar surface area (TPSA) is 102 Å². The van der Waals surface area contributed by atoms with Gasteiger partial charge >= 0.3 is 0 Å². The number of nitrogens with zero attached hydrogens (tertiary/aromatic N) is 2. The van der Waals surface area contributed by atoms with Crippen molar-refractivity contribution in [2.45, 2.75) is 31.6 Å². The molecule has 1 aliphatic carbocycles. The molecule has 4 rings (SSSR count). The van der Waals surface area contributed by atoms with Crippen LogP contribution in [0.5, 0.6) is 5.75 Å². The number of piperidine rings is 1. The molecule has 1 saturated carbocycles. The summed E-state index contributed by atoms with van der Waals surface area (Å²) in [4.78, 5) is 35.6. The molecule has 8 nitrogen and oxygen atoms in total. The Balaban J connectivity index is 1.54. The monoisotopic (exact) mass is 370 g/mol. The number of amides is 3. The Hall–Kier alpha value is -2.90. The van der Waals surface area contributed by atoms with Gasteiger partial charge in [-0.2, -0.15) is 5.10 Å². The van der Waals surface area contributed by atoms with Gasteiger partial charge in [-0.25, -0.2) is 0 Å². The van der Waals surface area contributed by atoms with Gasteiger partial charge < -0.3 is 10.1 Å². The summed E-state index contributed by atoms with van der Waals surface area (Å²) in [6.07, 6.45) is 3.09. The summed E-state index contributed by atoms with van der Waals surface area (Å²) in [5, 5.41) is 10.5. The highest BCUT2D eigenvalue weighted by molar-refractivity contribution is 6.03. The number of imide groups is 1. The Morgan fingerprint density at radius 3 is 2.89 bits per heavy atom. The molecule has 0 radical (unpaired) electrons. The third-order valence-corrected chi connectivity index (χ3v) is 5.07. The van der Waals surface area contributed by atoms with E-state index in [1.807, 2.05) is 12.1 Å². The van der Waals surface area contributed by atoms with Crippen LogP contribution in [0.4, 0.5) is 0 Å². The normalized spacial score (nSPS) is 19.8. The van der Waals surface area contributed by atoms with Crippen molar-refractivity contribution in [3.8, 4) is 5.75 Å². The number of carbonyl (C=O) groups excluding carboxylic acids is 3. The average Bonchev–Trinajstić information content (AvgIpc) is 3.41. The third-order valence-electron chi connectivity index (χ3n) is 5.07. The van der Waals surface area contributed by atoms with Crippen LogP contribution in [0.1, 0.15) is 37.3 Å². The molecular formula is C19H22N4O4. The Bertz CT molecular complexity index is 916. The first-order valence-electron chi connectivity index (χ1n) is 9.21. The molecular weight excluding hydrogens is 348 g/mol. The van der Waals surface area contributed by atoms with Gasteiger partial charge in [-0.3, -0.25) is 24.4 Å². The van der Waals surface area contributed by atoms with E-state index in [2.05, 4.69) is 15.7 Å². The molecule has 0 bridgehead atoms. The standard InChI is InChI=1S/C19H22N4O4/c1-23-18-12(17(22-23)13-7-8-15(24)21-19(13)26)3-2-4-14(18)27-10-16(25)20-9-11-5-6-11/h2-4,11,13H,5-10H2,1H3,(H,20,25)(H,21,24,26). The zero-order chi connectivity index (χ0) is 19.0. The van der Waals surface area contributed by atoms with Gasteiger partial charge in [0.15, 0.2) is 6.61 Å². The molecule has 27 heavy (non-hydrogen) atoms. The van der Waals surface area contributed by atoms with Gasteiger partial charge in [0.1, 0.15) is 11.3 Å². The minimum Gasteiger partial charge on any atom is -0.482 e. The molecule has 1 saturated heterocycles. The number of hydrogen-bond acceptors (Lipinski definition) is 5. The maximum absolute atomic E-state index is 12.2. The second-order valence-corrected chi connectivity index (χ2v) is 7.20. The predicted molar refractivity (Wildman–Crippen MR) is 97.1 cm³/mol. The smallest absolute Gasteiger partial charge is 0.257 e. The lowest BCUT2D eigenvalue weighted by Gasteiger charge is -2.19. The first kappa shape index (κ1) is 17.5. The lowest BCUT2D eigenvalue weighted by Crippen LogP contribution is -2.39. The molecule has 1 aromatic heterocycles. The highest BCUT2D eigenvalue weighted by Gasteiger charge is 2.32. The van der Waals surface area contributed by atoms with Crippen molar-refractivity contribution < 1.29 is 19.1 Å². The molecule has 1 atom stereocenters. The van der Waals surface area contributed by atoms with Gasteiger partial charge in [0, 0.05) is 25.4 Å². The number of ether oxygens (including phenoxy) is 1. The minimum atomic E-state index is -0.469. The predicted octanol–water partition coefficient (Wildman–Crippen LogP) is 0.998. The first-order chi connectivity index (χ1) is 13.0. The van der Waals surface area contributed by atoms with Crippen molar-refractivity contribution >= 4 is 28.6 Å². The first-order valence-corrected chi connectivity index (χ1v) is 9.21. The molecule has 2 N–H and O–H groups in total. The fourth-order valence-corrected chi connectivity index (χ4v) is 3.43. The molecule has 2 aliphatic rings. The largest absolute Gasteiger partial charge is 0.482 e. The van der Waals surface area contributed by atoms with E-state index in [1.54, 1.807) is 17.8 Å². The van der Waals surface area contributed by atoms with Crippen LogP contribution in [-0.4, -0.2) is 40.7 Å². The van der Waals surface area contributed by atoms with Gasteiger partial charge in [0.05, 0.1) is 11.6 Å². The van der Waals surface area contributed by atoms with E-state index in [0.29, 0.717) is 36.7 Å². The van der Waals surface area contributed by atoms with Crippen LogP contribution in [0.15, 0.2) is 18.2 Å². The summed E-state index contributed by atoms with van der Waals surface area (Å²) >= 11 is 0. The highest BCUT2D eigenvalue weighted by Crippen LogP contribution is 2.34. The third kappa shape index (κ3) is 3.65. The number of rotatable bonds is 6. The van der Waals surface area contributed by atoms with Crippen LogP contribution in [-0.2, 0) is 21.4 Å². The summed E-state index contributed by atoms with van der Waals surface area (Å²) in [5.41, 5.74) is 1.35. The number of nitrogens with one attached hydrogen (secondary N) is 2. The lowest BCUT2D eigenvalue weighted by atomic mass is 9.93. The second-order valence-electron chi connectivity index (χ2n) is 7.20. The average molecular weight is 370 g/mol. The molecule has 1 aliphatic heterocycles. The summed E-state index contributed by atoms with van der Waals surface area (Å²) in [5.74, 6) is -0.0298. The van der Waals surface area contributed by atoms with E-state index in [1.165, 1.54) is 12.8 Å². The molecule has 142 valence electrons. The van der Waals surface area contributed by atoms with Crippen LogP contribution < -0.4 is 15.4 Å². The van der Waals surface area contributed by atoms with Crippen molar-refractivity contribution in [2.24, 2.45) is 13.0 Å². The van der Waals surface area contributed by atoms with E-state index < -0.39 is 5.92 Å². The molecule has 8 heteroatoms. The molecule has 2 aromatic rings. The van der Waals surface area contributed by atoms with Crippen molar-refractivity contribution in [3.63, 3.8) is 0 Å².